The second-order valence-electron chi connectivity index (χ2n) is 3.14. The number of carbonyl (C=O) groups excluding carboxylic acids is 1. The van der Waals surface area contributed by atoms with Crippen LogP contribution in [0.5, 0.6) is 0 Å². The summed E-state index contributed by atoms with van der Waals surface area (Å²) in [5.41, 5.74) is 0.193. The summed E-state index contributed by atoms with van der Waals surface area (Å²) in [6, 6.07) is 1.46. The minimum atomic E-state index is -0.382. The number of amides is 1. The molecule has 0 saturated carbocycles. The molecule has 6 nitrogen and oxygen atoms in total. The molecular formula is C11H9N3O3S. The molecule has 0 saturated heterocycles. The van der Waals surface area contributed by atoms with Crippen LogP contribution in [0.4, 0.5) is 5.13 Å². The Hall–Kier alpha value is -2.17. The molecule has 0 radical (unpaired) electrons. The summed E-state index contributed by atoms with van der Waals surface area (Å²) < 4.78 is 4.57. The molecule has 2 aromatic rings. The zero-order chi connectivity index (χ0) is 12.8. The Bertz CT molecular complexity index is 580. The summed E-state index contributed by atoms with van der Waals surface area (Å²) >= 11 is 1.25. The van der Waals surface area contributed by atoms with Gasteiger partial charge in [0.05, 0.1) is 17.7 Å². The third-order valence-electron chi connectivity index (χ3n) is 1.85. The molecule has 2 heterocycles. The fourth-order valence-corrected chi connectivity index (χ4v) is 1.77. The highest BCUT2D eigenvalue weighted by Gasteiger charge is 2.10. The van der Waals surface area contributed by atoms with E-state index in [2.05, 4.69) is 31.8 Å². The van der Waals surface area contributed by atoms with Crippen molar-refractivity contribution in [3.8, 4) is 11.8 Å². The van der Waals surface area contributed by atoms with Crippen molar-refractivity contribution in [3.05, 3.63) is 29.1 Å². The van der Waals surface area contributed by atoms with Crippen molar-refractivity contribution in [3.63, 3.8) is 0 Å². The molecule has 0 fully saturated rings. The van der Waals surface area contributed by atoms with E-state index in [-0.39, 0.29) is 18.2 Å². The molecule has 0 aliphatic rings. The van der Waals surface area contributed by atoms with E-state index in [0.717, 1.165) is 4.88 Å². The second kappa shape index (κ2) is 5.95. The van der Waals surface area contributed by atoms with Crippen LogP contribution < -0.4 is 5.32 Å². The van der Waals surface area contributed by atoms with Crippen molar-refractivity contribution in [2.75, 3.05) is 11.9 Å². The first-order valence-electron chi connectivity index (χ1n) is 5.07. The fraction of sp³-hybridized carbons (Fsp3) is 0.182. The molecule has 0 bridgehead atoms. The Balaban J connectivity index is 1.99. The van der Waals surface area contributed by atoms with Gasteiger partial charge in [0.15, 0.2) is 10.8 Å². The van der Waals surface area contributed by atoms with E-state index < -0.39 is 0 Å². The molecular weight excluding hydrogens is 254 g/mol. The molecule has 2 N–H and O–H groups in total. The van der Waals surface area contributed by atoms with Crippen LogP contribution in [-0.4, -0.2) is 27.8 Å². The van der Waals surface area contributed by atoms with Gasteiger partial charge in [-0.15, -0.1) is 0 Å². The van der Waals surface area contributed by atoms with Crippen molar-refractivity contribution in [2.45, 2.75) is 6.42 Å². The lowest BCUT2D eigenvalue weighted by molar-refractivity contribution is 0.101. The SMILES string of the molecule is O=C(Nc1ncc(C#CCCO)s1)c1ccon1. The Morgan fingerprint density at radius 2 is 2.50 bits per heavy atom. The van der Waals surface area contributed by atoms with E-state index in [0.29, 0.717) is 11.6 Å². The van der Waals surface area contributed by atoms with Gasteiger partial charge in [-0.2, -0.15) is 0 Å². The summed E-state index contributed by atoms with van der Waals surface area (Å²) in [7, 11) is 0. The van der Waals surface area contributed by atoms with E-state index in [1.165, 1.54) is 23.7 Å². The zero-order valence-corrected chi connectivity index (χ0v) is 10.0. The van der Waals surface area contributed by atoms with Gasteiger partial charge in [-0.25, -0.2) is 4.98 Å². The highest BCUT2D eigenvalue weighted by atomic mass is 32.1. The summed E-state index contributed by atoms with van der Waals surface area (Å²) in [5.74, 6) is 5.23. The van der Waals surface area contributed by atoms with Crippen LogP contribution in [0.1, 0.15) is 21.8 Å². The fourth-order valence-electron chi connectivity index (χ4n) is 1.09. The maximum absolute atomic E-state index is 11.6. The highest BCUT2D eigenvalue weighted by molar-refractivity contribution is 7.16. The van der Waals surface area contributed by atoms with Gasteiger partial charge in [-0.1, -0.05) is 28.3 Å². The second-order valence-corrected chi connectivity index (χ2v) is 4.17. The molecule has 0 aliphatic carbocycles. The van der Waals surface area contributed by atoms with E-state index >= 15 is 0 Å². The lowest BCUT2D eigenvalue weighted by atomic mass is 10.4. The van der Waals surface area contributed by atoms with Crippen molar-refractivity contribution < 1.29 is 14.4 Å². The van der Waals surface area contributed by atoms with Crippen LogP contribution >= 0.6 is 11.3 Å². The van der Waals surface area contributed by atoms with E-state index in [1.807, 2.05) is 0 Å². The maximum atomic E-state index is 11.6. The van der Waals surface area contributed by atoms with E-state index in [1.54, 1.807) is 6.20 Å². The van der Waals surface area contributed by atoms with Crippen LogP contribution in [0, 0.1) is 11.8 Å². The number of nitrogens with one attached hydrogen (secondary N) is 1. The summed E-state index contributed by atoms with van der Waals surface area (Å²) in [4.78, 5) is 16.3. The van der Waals surface area contributed by atoms with Crippen molar-refractivity contribution in [2.24, 2.45) is 0 Å². The Morgan fingerprint density at radius 3 is 3.22 bits per heavy atom. The van der Waals surface area contributed by atoms with Gasteiger partial charge in [-0.3, -0.25) is 10.1 Å². The predicted molar refractivity (Wildman–Crippen MR) is 65.2 cm³/mol. The minimum Gasteiger partial charge on any atom is -0.395 e. The predicted octanol–water partition coefficient (Wildman–Crippen LogP) is 1.12. The minimum absolute atomic E-state index is 0.0293. The smallest absolute Gasteiger partial charge is 0.279 e. The monoisotopic (exact) mass is 263 g/mol. The number of aliphatic hydroxyl groups is 1. The summed E-state index contributed by atoms with van der Waals surface area (Å²) in [6.45, 7) is 0.0293. The normalized spacial score (nSPS) is 9.61. The molecule has 2 aromatic heterocycles. The van der Waals surface area contributed by atoms with Crippen molar-refractivity contribution in [1.82, 2.24) is 10.1 Å². The van der Waals surface area contributed by atoms with Gasteiger partial charge in [0.2, 0.25) is 0 Å². The van der Waals surface area contributed by atoms with Gasteiger partial charge >= 0.3 is 0 Å². The first kappa shape index (κ1) is 12.3. The molecule has 0 aliphatic heterocycles. The van der Waals surface area contributed by atoms with E-state index in [9.17, 15) is 4.79 Å². The first-order chi connectivity index (χ1) is 8.79. The average Bonchev–Trinajstić information content (AvgIpc) is 3.00. The molecule has 18 heavy (non-hydrogen) atoms. The van der Waals surface area contributed by atoms with Crippen LogP contribution in [0.2, 0.25) is 0 Å². The molecule has 2 rings (SSSR count). The number of anilines is 1. The van der Waals surface area contributed by atoms with Crippen molar-refractivity contribution >= 4 is 22.4 Å². The number of carbonyl (C=O) groups is 1. The number of rotatable bonds is 3. The number of hydrogen-bond acceptors (Lipinski definition) is 6. The number of thiazole rings is 1. The Kier molecular flexibility index (Phi) is 4.06. The Morgan fingerprint density at radius 1 is 1.61 bits per heavy atom. The van der Waals surface area contributed by atoms with Crippen LogP contribution in [0.25, 0.3) is 0 Å². The van der Waals surface area contributed by atoms with E-state index in [4.69, 9.17) is 5.11 Å². The highest BCUT2D eigenvalue weighted by Crippen LogP contribution is 2.17. The number of hydrogen-bond donors (Lipinski definition) is 2. The van der Waals surface area contributed by atoms with Gasteiger partial charge in [0, 0.05) is 12.5 Å². The largest absolute Gasteiger partial charge is 0.395 e. The Labute approximate surface area is 107 Å². The van der Waals surface area contributed by atoms with Gasteiger partial charge in [0.1, 0.15) is 6.26 Å². The number of nitrogens with zero attached hydrogens (tertiary/aromatic N) is 2. The third-order valence-corrected chi connectivity index (χ3v) is 2.67. The molecule has 0 atom stereocenters. The number of aromatic nitrogens is 2. The standard InChI is InChI=1S/C11H9N3O3S/c15-5-2-1-3-8-7-12-11(18-8)13-10(16)9-4-6-17-14-9/h4,6-7,15H,2,5H2,(H,12,13,16). The average molecular weight is 263 g/mol. The first-order valence-corrected chi connectivity index (χ1v) is 5.88. The topological polar surface area (TPSA) is 88.2 Å². The zero-order valence-electron chi connectivity index (χ0n) is 9.21. The van der Waals surface area contributed by atoms with Gasteiger partial charge in [-0.05, 0) is 0 Å². The maximum Gasteiger partial charge on any atom is 0.279 e. The third kappa shape index (κ3) is 3.16. The summed E-state index contributed by atoms with van der Waals surface area (Å²) in [6.07, 6.45) is 3.30. The lowest BCUT2D eigenvalue weighted by Gasteiger charge is -1.95. The molecule has 0 unspecified atom stereocenters. The molecule has 0 aromatic carbocycles. The lowest BCUT2D eigenvalue weighted by Crippen LogP contribution is -2.11. The quantitative estimate of drug-likeness (QED) is 0.810. The van der Waals surface area contributed by atoms with Gasteiger partial charge in [0.25, 0.3) is 5.91 Å². The number of aliphatic hydroxyl groups excluding tert-OH is 1. The molecule has 1 amide bonds. The summed E-state index contributed by atoms with van der Waals surface area (Å²) in [5, 5.41) is 15.1. The molecule has 7 heteroatoms. The van der Waals surface area contributed by atoms with Crippen LogP contribution in [0.3, 0.4) is 0 Å². The van der Waals surface area contributed by atoms with Crippen LogP contribution in [0.15, 0.2) is 23.0 Å². The van der Waals surface area contributed by atoms with Crippen LogP contribution in [-0.2, 0) is 0 Å². The molecule has 92 valence electrons. The van der Waals surface area contributed by atoms with Gasteiger partial charge < -0.3 is 9.63 Å². The molecule has 0 spiro atoms. The van der Waals surface area contributed by atoms with Crippen molar-refractivity contribution in [1.29, 1.82) is 0 Å².